The van der Waals surface area contributed by atoms with Crippen molar-refractivity contribution in [3.05, 3.63) is 65.5 Å². The highest BCUT2D eigenvalue weighted by Crippen LogP contribution is 2.17. The van der Waals surface area contributed by atoms with E-state index in [9.17, 15) is 14.0 Å². The minimum absolute atomic E-state index is 0.0257. The van der Waals surface area contributed by atoms with Crippen molar-refractivity contribution in [1.29, 1.82) is 0 Å². The molecular formula is C23H29FN2O3. The zero-order valence-electron chi connectivity index (χ0n) is 17.4. The number of carbonyl (C=O) groups is 2. The van der Waals surface area contributed by atoms with Gasteiger partial charge in [0, 0.05) is 18.7 Å². The predicted molar refractivity (Wildman–Crippen MR) is 111 cm³/mol. The van der Waals surface area contributed by atoms with E-state index < -0.39 is 11.9 Å². The SMILES string of the molecule is COc1ccc(CC(=O)N(Cc2ccccc2F)C(C)C(=O)NCC(C)C)cc1. The highest BCUT2D eigenvalue weighted by atomic mass is 19.1. The van der Waals surface area contributed by atoms with Gasteiger partial charge in [-0.2, -0.15) is 0 Å². The van der Waals surface area contributed by atoms with E-state index in [2.05, 4.69) is 5.32 Å². The summed E-state index contributed by atoms with van der Waals surface area (Å²) in [6.07, 6.45) is 0.111. The number of hydrogen-bond acceptors (Lipinski definition) is 3. The molecule has 0 heterocycles. The third-order valence-electron chi connectivity index (χ3n) is 4.66. The third kappa shape index (κ3) is 6.59. The van der Waals surface area contributed by atoms with Crippen LogP contribution in [0.15, 0.2) is 48.5 Å². The van der Waals surface area contributed by atoms with E-state index >= 15 is 0 Å². The molecule has 0 fully saturated rings. The average Bonchev–Trinajstić information content (AvgIpc) is 2.71. The summed E-state index contributed by atoms with van der Waals surface area (Å²) < 4.78 is 19.3. The minimum Gasteiger partial charge on any atom is -0.497 e. The summed E-state index contributed by atoms with van der Waals surface area (Å²) in [4.78, 5) is 27.1. The van der Waals surface area contributed by atoms with Gasteiger partial charge in [0.2, 0.25) is 11.8 Å². The molecule has 0 aromatic heterocycles. The molecule has 2 aromatic rings. The normalized spacial score (nSPS) is 11.8. The highest BCUT2D eigenvalue weighted by Gasteiger charge is 2.27. The average molecular weight is 400 g/mol. The van der Waals surface area contributed by atoms with E-state index in [-0.39, 0.29) is 24.8 Å². The fourth-order valence-electron chi connectivity index (χ4n) is 2.86. The lowest BCUT2D eigenvalue weighted by atomic mass is 10.1. The zero-order chi connectivity index (χ0) is 21.4. The van der Waals surface area contributed by atoms with Crippen LogP contribution in [0.25, 0.3) is 0 Å². The number of methoxy groups -OCH3 is 1. The summed E-state index contributed by atoms with van der Waals surface area (Å²) in [5, 5.41) is 2.85. The smallest absolute Gasteiger partial charge is 0.242 e. The van der Waals surface area contributed by atoms with Gasteiger partial charge in [0.05, 0.1) is 13.5 Å². The van der Waals surface area contributed by atoms with E-state index in [0.29, 0.717) is 23.8 Å². The molecule has 29 heavy (non-hydrogen) atoms. The number of hydrogen-bond donors (Lipinski definition) is 1. The van der Waals surface area contributed by atoms with Gasteiger partial charge in [0.15, 0.2) is 0 Å². The van der Waals surface area contributed by atoms with Crippen molar-refractivity contribution in [1.82, 2.24) is 10.2 Å². The molecule has 5 nitrogen and oxygen atoms in total. The minimum atomic E-state index is -0.723. The number of carbonyl (C=O) groups excluding carboxylic acids is 2. The van der Waals surface area contributed by atoms with Gasteiger partial charge in [-0.05, 0) is 36.6 Å². The second-order valence-electron chi connectivity index (χ2n) is 7.45. The topological polar surface area (TPSA) is 58.6 Å². The van der Waals surface area contributed by atoms with Gasteiger partial charge in [0.1, 0.15) is 17.6 Å². The van der Waals surface area contributed by atoms with Gasteiger partial charge in [-0.25, -0.2) is 4.39 Å². The molecule has 1 atom stereocenters. The lowest BCUT2D eigenvalue weighted by Crippen LogP contribution is -2.48. The molecular weight excluding hydrogens is 371 g/mol. The lowest BCUT2D eigenvalue weighted by molar-refractivity contribution is -0.140. The van der Waals surface area contributed by atoms with Gasteiger partial charge in [-0.15, -0.1) is 0 Å². The van der Waals surface area contributed by atoms with Crippen LogP contribution in [0.1, 0.15) is 31.9 Å². The van der Waals surface area contributed by atoms with Crippen LogP contribution in [0.4, 0.5) is 4.39 Å². The standard InChI is InChI=1S/C23H29FN2O3/c1-16(2)14-25-23(28)17(3)26(15-19-7-5-6-8-21(19)24)22(27)13-18-9-11-20(29-4)12-10-18/h5-12,16-17H,13-15H2,1-4H3,(H,25,28). The quantitative estimate of drug-likeness (QED) is 0.700. The Kier molecular flexibility index (Phi) is 8.19. The van der Waals surface area contributed by atoms with Crippen molar-refractivity contribution in [2.45, 2.75) is 39.8 Å². The fraction of sp³-hybridized carbons (Fsp3) is 0.391. The molecule has 0 aliphatic carbocycles. The molecule has 1 unspecified atom stereocenters. The van der Waals surface area contributed by atoms with Crippen LogP contribution in [-0.2, 0) is 22.6 Å². The first kappa shape index (κ1) is 22.4. The van der Waals surface area contributed by atoms with Gasteiger partial charge in [-0.1, -0.05) is 44.2 Å². The summed E-state index contributed by atoms with van der Waals surface area (Å²) in [5.41, 5.74) is 1.17. The van der Waals surface area contributed by atoms with Crippen molar-refractivity contribution in [2.24, 2.45) is 5.92 Å². The number of amides is 2. The number of benzene rings is 2. The van der Waals surface area contributed by atoms with Crippen LogP contribution in [0.2, 0.25) is 0 Å². The molecule has 0 aliphatic rings. The van der Waals surface area contributed by atoms with Gasteiger partial charge in [-0.3, -0.25) is 9.59 Å². The highest BCUT2D eigenvalue weighted by molar-refractivity contribution is 5.88. The molecule has 156 valence electrons. The maximum absolute atomic E-state index is 14.2. The number of nitrogens with one attached hydrogen (secondary N) is 1. The second-order valence-corrected chi connectivity index (χ2v) is 7.45. The van der Waals surface area contributed by atoms with Crippen molar-refractivity contribution >= 4 is 11.8 Å². The first-order valence-electron chi connectivity index (χ1n) is 9.75. The molecule has 1 N–H and O–H groups in total. The van der Waals surface area contributed by atoms with Gasteiger partial charge < -0.3 is 15.0 Å². The van der Waals surface area contributed by atoms with Gasteiger partial charge >= 0.3 is 0 Å². The van der Waals surface area contributed by atoms with Crippen LogP contribution >= 0.6 is 0 Å². The molecule has 0 saturated heterocycles. The Bertz CT molecular complexity index is 821. The van der Waals surface area contributed by atoms with E-state index in [0.717, 1.165) is 5.56 Å². The molecule has 0 saturated carbocycles. The van der Waals surface area contributed by atoms with Crippen molar-refractivity contribution in [3.63, 3.8) is 0 Å². The van der Waals surface area contributed by atoms with E-state index in [1.165, 1.54) is 11.0 Å². The molecule has 0 bridgehead atoms. The van der Waals surface area contributed by atoms with E-state index in [1.54, 1.807) is 44.4 Å². The maximum atomic E-state index is 14.2. The lowest BCUT2D eigenvalue weighted by Gasteiger charge is -2.29. The summed E-state index contributed by atoms with van der Waals surface area (Å²) in [6.45, 7) is 6.21. The van der Waals surface area contributed by atoms with Crippen molar-refractivity contribution < 1.29 is 18.7 Å². The Labute approximate surface area is 171 Å². The zero-order valence-corrected chi connectivity index (χ0v) is 17.4. The first-order valence-corrected chi connectivity index (χ1v) is 9.75. The number of rotatable bonds is 9. The molecule has 2 amide bonds. The Morgan fingerprint density at radius 1 is 1.07 bits per heavy atom. The molecule has 2 aromatic carbocycles. The first-order chi connectivity index (χ1) is 13.8. The van der Waals surface area contributed by atoms with Crippen LogP contribution in [0.5, 0.6) is 5.75 Å². The van der Waals surface area contributed by atoms with Crippen LogP contribution in [0.3, 0.4) is 0 Å². The Hall–Kier alpha value is -2.89. The van der Waals surface area contributed by atoms with Crippen molar-refractivity contribution in [3.8, 4) is 5.75 Å². The van der Waals surface area contributed by atoms with Gasteiger partial charge in [0.25, 0.3) is 0 Å². The monoisotopic (exact) mass is 400 g/mol. The number of nitrogens with zero attached hydrogens (tertiary/aromatic N) is 1. The summed E-state index contributed by atoms with van der Waals surface area (Å²) in [6, 6.07) is 12.7. The number of halogens is 1. The number of ether oxygens (including phenoxy) is 1. The largest absolute Gasteiger partial charge is 0.497 e. The van der Waals surface area contributed by atoms with Crippen molar-refractivity contribution in [2.75, 3.05) is 13.7 Å². The summed E-state index contributed by atoms with van der Waals surface area (Å²) in [7, 11) is 1.58. The van der Waals surface area contributed by atoms with Crippen LogP contribution in [0, 0.1) is 11.7 Å². The van der Waals surface area contributed by atoms with E-state index in [1.807, 2.05) is 26.0 Å². The predicted octanol–water partition coefficient (Wildman–Crippen LogP) is 3.57. The Morgan fingerprint density at radius 2 is 1.72 bits per heavy atom. The summed E-state index contributed by atoms with van der Waals surface area (Å²) in [5.74, 6) is 0.0975. The molecule has 6 heteroatoms. The molecule has 0 spiro atoms. The van der Waals surface area contributed by atoms with Crippen LogP contribution in [-0.4, -0.2) is 36.4 Å². The molecule has 0 aliphatic heterocycles. The fourth-order valence-corrected chi connectivity index (χ4v) is 2.86. The maximum Gasteiger partial charge on any atom is 0.242 e. The Morgan fingerprint density at radius 3 is 2.31 bits per heavy atom. The molecule has 2 rings (SSSR count). The summed E-state index contributed by atoms with van der Waals surface area (Å²) >= 11 is 0. The van der Waals surface area contributed by atoms with E-state index in [4.69, 9.17) is 4.74 Å². The third-order valence-corrected chi connectivity index (χ3v) is 4.66. The van der Waals surface area contributed by atoms with Crippen LogP contribution < -0.4 is 10.1 Å². The molecule has 0 radical (unpaired) electrons. The second kappa shape index (κ2) is 10.6. The Balaban J connectivity index is 2.20.